The molecular formula is C25H48N+. The molecule has 0 fully saturated rings. The number of rotatable bonds is 4. The normalized spacial score (nSPS) is 11.0. The van der Waals surface area contributed by atoms with Gasteiger partial charge in [0.05, 0.1) is 0 Å². The van der Waals surface area contributed by atoms with Crippen LogP contribution < -0.4 is 4.57 Å². The summed E-state index contributed by atoms with van der Waals surface area (Å²) in [5.74, 6) is 1.40. The Hall–Kier alpha value is -1.63. The lowest BCUT2D eigenvalue weighted by atomic mass is 9.98. The third-order valence-corrected chi connectivity index (χ3v) is 4.44. The number of hydrogen-bond donors (Lipinski definition) is 0. The van der Waals surface area contributed by atoms with Gasteiger partial charge in [-0.3, -0.25) is 0 Å². The first-order valence-electron chi connectivity index (χ1n) is 8.49. The third-order valence-electron chi connectivity index (χ3n) is 4.44. The molecule has 0 saturated heterocycles. The van der Waals surface area contributed by atoms with Gasteiger partial charge >= 0.3 is 0 Å². The molecule has 0 radical (unpaired) electrons. The van der Waals surface area contributed by atoms with Crippen LogP contribution in [0.2, 0.25) is 0 Å². The summed E-state index contributed by atoms with van der Waals surface area (Å²) in [5.41, 5.74) is 4.24. The number of nitrogens with zero attached hydrogens (tertiary/aromatic N) is 1. The van der Waals surface area contributed by atoms with Gasteiger partial charge in [0.1, 0.15) is 7.05 Å². The Morgan fingerprint density at radius 3 is 1.38 bits per heavy atom. The van der Waals surface area contributed by atoms with E-state index in [-0.39, 0.29) is 29.7 Å². The van der Waals surface area contributed by atoms with Gasteiger partial charge in [-0.2, -0.15) is 0 Å². The summed E-state index contributed by atoms with van der Waals surface area (Å²) < 4.78 is 2.06. The Labute approximate surface area is 166 Å². The minimum absolute atomic E-state index is 0. The summed E-state index contributed by atoms with van der Waals surface area (Å²) in [6.07, 6.45) is 6.64. The second-order valence-electron chi connectivity index (χ2n) is 6.33. The Morgan fingerprint density at radius 1 is 0.692 bits per heavy atom. The van der Waals surface area contributed by atoms with E-state index in [1.165, 1.54) is 29.5 Å². The van der Waals surface area contributed by atoms with Gasteiger partial charge in [0, 0.05) is 12.1 Å². The molecule has 1 aromatic carbocycles. The molecule has 0 amide bonds. The number of pyridine rings is 1. The predicted octanol–water partition coefficient (Wildman–Crippen LogP) is 8.08. The average Bonchev–Trinajstić information content (AvgIpc) is 2.55. The van der Waals surface area contributed by atoms with E-state index >= 15 is 0 Å². The summed E-state index contributed by atoms with van der Waals surface area (Å²) >= 11 is 0. The summed E-state index contributed by atoms with van der Waals surface area (Å²) in [6, 6.07) is 13.2. The second-order valence-corrected chi connectivity index (χ2v) is 6.33. The van der Waals surface area contributed by atoms with Crippen LogP contribution in [-0.4, -0.2) is 0 Å². The third kappa shape index (κ3) is 11.1. The molecule has 2 aromatic rings. The van der Waals surface area contributed by atoms with Crippen molar-refractivity contribution >= 4 is 0 Å². The van der Waals surface area contributed by atoms with E-state index in [9.17, 15) is 0 Å². The van der Waals surface area contributed by atoms with E-state index in [1.807, 2.05) is 7.05 Å². The van der Waals surface area contributed by atoms with Crippen LogP contribution in [0.3, 0.4) is 0 Å². The number of benzene rings is 1. The van der Waals surface area contributed by atoms with Crippen molar-refractivity contribution in [3.8, 4) is 0 Å². The van der Waals surface area contributed by atoms with Crippen molar-refractivity contribution in [3.05, 3.63) is 65.5 Å². The first-order chi connectivity index (χ1) is 10.5. The van der Waals surface area contributed by atoms with Gasteiger partial charge < -0.3 is 0 Å². The number of hydrogen-bond acceptors (Lipinski definition) is 0. The van der Waals surface area contributed by atoms with E-state index in [0.29, 0.717) is 11.8 Å². The fourth-order valence-corrected chi connectivity index (χ4v) is 2.21. The van der Waals surface area contributed by atoms with E-state index in [1.54, 1.807) is 0 Å². The Bertz CT molecular complexity index is 474. The largest absolute Gasteiger partial charge is 0.208 e. The molecule has 1 heteroatoms. The van der Waals surface area contributed by atoms with Crippen molar-refractivity contribution in [2.45, 2.75) is 89.0 Å². The van der Waals surface area contributed by atoms with Crippen LogP contribution in [0.5, 0.6) is 0 Å². The number of aromatic nitrogens is 1. The summed E-state index contributed by atoms with van der Waals surface area (Å²) in [4.78, 5) is 0. The highest BCUT2D eigenvalue weighted by atomic mass is 14.9. The lowest BCUT2D eigenvalue weighted by molar-refractivity contribution is -0.671. The van der Waals surface area contributed by atoms with Crippen molar-refractivity contribution in [2.24, 2.45) is 7.05 Å². The van der Waals surface area contributed by atoms with Gasteiger partial charge in [-0.1, -0.05) is 87.2 Å². The minimum Gasteiger partial charge on any atom is -0.208 e. The molecule has 0 saturated carbocycles. The maximum atomic E-state index is 2.27. The fourth-order valence-electron chi connectivity index (χ4n) is 2.21. The molecule has 0 aliphatic rings. The monoisotopic (exact) mass is 362 g/mol. The quantitative estimate of drug-likeness (QED) is 0.484. The molecule has 1 heterocycles. The molecule has 2 atom stereocenters. The van der Waals surface area contributed by atoms with Crippen LogP contribution in [0.4, 0.5) is 0 Å². The average molecular weight is 363 g/mol. The van der Waals surface area contributed by atoms with Crippen molar-refractivity contribution < 1.29 is 4.57 Å². The predicted molar refractivity (Wildman–Crippen MR) is 123 cm³/mol. The highest BCUT2D eigenvalue weighted by molar-refractivity contribution is 5.23. The van der Waals surface area contributed by atoms with E-state index in [0.717, 1.165) is 0 Å². The topological polar surface area (TPSA) is 3.88 Å². The van der Waals surface area contributed by atoms with Gasteiger partial charge in [-0.05, 0) is 42.7 Å². The highest BCUT2D eigenvalue weighted by Crippen LogP contribution is 2.18. The molecule has 2 rings (SSSR count). The van der Waals surface area contributed by atoms with Gasteiger partial charge in [-0.25, -0.2) is 4.57 Å². The molecule has 0 aliphatic heterocycles. The molecule has 0 N–H and O–H groups in total. The van der Waals surface area contributed by atoms with E-state index < -0.39 is 0 Å². The van der Waals surface area contributed by atoms with Crippen LogP contribution in [0, 0.1) is 6.92 Å². The highest BCUT2D eigenvalue weighted by Gasteiger charge is 2.03. The van der Waals surface area contributed by atoms with Crippen LogP contribution in [-0.2, 0) is 7.05 Å². The Morgan fingerprint density at radius 2 is 1.04 bits per heavy atom. The van der Waals surface area contributed by atoms with Crippen molar-refractivity contribution in [2.75, 3.05) is 0 Å². The standard InChI is InChI=1S/C11H16.C10H16N.4CH4/c1-4-10(3)11-7-5-9(2)6-8-11;1-4-9(2)10-5-7-11(3)8-6-10;;;;/h5-8,10H,4H2,1-3H3;5-9H,4H2,1-3H3;4*1H4/q;+1;;;;. The minimum atomic E-state index is 0. The van der Waals surface area contributed by atoms with Gasteiger partial charge in [0.2, 0.25) is 0 Å². The molecular weight excluding hydrogens is 314 g/mol. The van der Waals surface area contributed by atoms with Crippen molar-refractivity contribution in [1.29, 1.82) is 0 Å². The van der Waals surface area contributed by atoms with Gasteiger partial charge in [0.15, 0.2) is 12.4 Å². The zero-order valence-electron chi connectivity index (χ0n) is 15.1. The fraction of sp³-hybridized carbons (Fsp3) is 0.560. The van der Waals surface area contributed by atoms with Gasteiger partial charge in [-0.15, -0.1) is 0 Å². The van der Waals surface area contributed by atoms with E-state index in [2.05, 4.69) is 88.0 Å². The smallest absolute Gasteiger partial charge is 0.168 e. The first-order valence-corrected chi connectivity index (χ1v) is 8.49. The molecule has 0 spiro atoms. The summed E-state index contributed by atoms with van der Waals surface area (Å²) in [5, 5.41) is 0. The molecule has 1 nitrogen and oxygen atoms in total. The van der Waals surface area contributed by atoms with Crippen LogP contribution in [0.1, 0.15) is 98.8 Å². The Kier molecular flexibility index (Phi) is 20.7. The second kappa shape index (κ2) is 16.8. The Balaban J connectivity index is -0.000000161. The van der Waals surface area contributed by atoms with Crippen molar-refractivity contribution in [3.63, 3.8) is 0 Å². The van der Waals surface area contributed by atoms with Gasteiger partial charge in [0.25, 0.3) is 0 Å². The first kappa shape index (κ1) is 32.1. The molecule has 1 aromatic heterocycles. The zero-order valence-corrected chi connectivity index (χ0v) is 15.1. The van der Waals surface area contributed by atoms with Crippen LogP contribution >= 0.6 is 0 Å². The molecule has 152 valence electrons. The van der Waals surface area contributed by atoms with Crippen LogP contribution in [0.25, 0.3) is 0 Å². The molecule has 26 heavy (non-hydrogen) atoms. The maximum absolute atomic E-state index is 2.27. The maximum Gasteiger partial charge on any atom is 0.168 e. The van der Waals surface area contributed by atoms with Crippen molar-refractivity contribution in [1.82, 2.24) is 0 Å². The summed E-state index contributed by atoms with van der Waals surface area (Å²) in [6.45, 7) is 11.1. The molecule has 2 unspecified atom stereocenters. The molecule has 0 aliphatic carbocycles. The lowest BCUT2D eigenvalue weighted by Crippen LogP contribution is -2.26. The van der Waals surface area contributed by atoms with E-state index in [4.69, 9.17) is 0 Å². The SMILES string of the molecule is C.C.C.C.CCC(C)c1cc[n+](C)cc1.CCC(C)c1ccc(C)cc1. The number of aryl methyl sites for hydroxylation is 2. The summed E-state index contributed by atoms with van der Waals surface area (Å²) in [7, 11) is 2.04. The van der Waals surface area contributed by atoms with Crippen LogP contribution in [0.15, 0.2) is 48.8 Å². The lowest BCUT2D eigenvalue weighted by Gasteiger charge is -2.07. The zero-order chi connectivity index (χ0) is 16.5. The molecule has 0 bridgehead atoms.